The van der Waals surface area contributed by atoms with E-state index in [0.29, 0.717) is 5.56 Å². The molecule has 1 amide bonds. The fraction of sp³-hybridized carbons (Fsp3) is 0.360. The SMILES string of the molecule is C[C@H](Cc1cccs1)NC(=O)c1ccc(OC2CCN(Cc3ccccn3)CC2)cc1. The molecule has 1 saturated heterocycles. The Kier molecular flexibility index (Phi) is 7.33. The predicted molar refractivity (Wildman–Crippen MR) is 125 cm³/mol. The smallest absolute Gasteiger partial charge is 0.251 e. The van der Waals surface area contributed by atoms with E-state index in [-0.39, 0.29) is 18.1 Å². The monoisotopic (exact) mass is 435 g/mol. The topological polar surface area (TPSA) is 54.5 Å². The standard InChI is InChI=1S/C25H29N3O2S/c1-19(17-24-6-4-16-31-24)27-25(29)20-7-9-22(10-8-20)30-23-11-14-28(15-12-23)18-21-5-2-3-13-26-21/h2-10,13,16,19,23H,11-12,14-15,17-18H2,1H3,(H,27,29)/t19-/m1/s1. The number of pyridine rings is 1. The molecule has 0 unspecified atom stereocenters. The fourth-order valence-corrected chi connectivity index (χ4v) is 4.71. The Hall–Kier alpha value is -2.70. The Bertz CT molecular complexity index is 937. The highest BCUT2D eigenvalue weighted by atomic mass is 32.1. The van der Waals surface area contributed by atoms with Crippen LogP contribution in [0.1, 0.15) is 40.7 Å². The van der Waals surface area contributed by atoms with E-state index >= 15 is 0 Å². The maximum atomic E-state index is 12.5. The maximum absolute atomic E-state index is 12.5. The number of carbonyl (C=O) groups excluding carboxylic acids is 1. The maximum Gasteiger partial charge on any atom is 0.251 e. The molecular formula is C25H29N3O2S. The molecule has 1 aromatic carbocycles. The number of nitrogens with one attached hydrogen (secondary N) is 1. The van der Waals surface area contributed by atoms with Gasteiger partial charge in [-0.15, -0.1) is 11.3 Å². The second-order valence-corrected chi connectivity index (χ2v) is 9.13. The van der Waals surface area contributed by atoms with Gasteiger partial charge in [0.2, 0.25) is 0 Å². The molecule has 0 radical (unpaired) electrons. The van der Waals surface area contributed by atoms with Crippen LogP contribution in [0.3, 0.4) is 0 Å². The summed E-state index contributed by atoms with van der Waals surface area (Å²) < 4.78 is 6.17. The molecule has 4 rings (SSSR count). The first-order chi connectivity index (χ1) is 15.2. The lowest BCUT2D eigenvalue weighted by molar-refractivity contribution is 0.0938. The normalized spacial score (nSPS) is 16.0. The van der Waals surface area contributed by atoms with E-state index in [9.17, 15) is 4.79 Å². The van der Waals surface area contributed by atoms with Crippen molar-refractivity contribution >= 4 is 17.2 Å². The first kappa shape index (κ1) is 21.5. The predicted octanol–water partition coefficient (Wildman–Crippen LogP) is 4.55. The van der Waals surface area contributed by atoms with Crippen LogP contribution in [0.5, 0.6) is 5.75 Å². The number of rotatable bonds is 8. The third-order valence-corrected chi connectivity index (χ3v) is 6.43. The third-order valence-electron chi connectivity index (χ3n) is 5.53. The molecule has 0 spiro atoms. The molecule has 31 heavy (non-hydrogen) atoms. The molecule has 0 aliphatic carbocycles. The Balaban J connectivity index is 1.22. The highest BCUT2D eigenvalue weighted by Crippen LogP contribution is 2.21. The van der Waals surface area contributed by atoms with Gasteiger partial charge in [0.15, 0.2) is 0 Å². The molecule has 162 valence electrons. The van der Waals surface area contributed by atoms with E-state index < -0.39 is 0 Å². The Morgan fingerprint density at radius 1 is 1.16 bits per heavy atom. The summed E-state index contributed by atoms with van der Waals surface area (Å²) in [4.78, 5) is 20.6. The number of nitrogens with zero attached hydrogens (tertiary/aromatic N) is 2. The number of amides is 1. The second kappa shape index (κ2) is 10.6. The third kappa shape index (κ3) is 6.39. The Labute approximate surface area is 188 Å². The Morgan fingerprint density at radius 3 is 2.65 bits per heavy atom. The average molecular weight is 436 g/mol. The molecular weight excluding hydrogens is 406 g/mol. The molecule has 3 aromatic rings. The second-order valence-electron chi connectivity index (χ2n) is 8.10. The lowest BCUT2D eigenvalue weighted by atomic mass is 10.1. The highest BCUT2D eigenvalue weighted by molar-refractivity contribution is 7.09. The van der Waals surface area contributed by atoms with Gasteiger partial charge in [-0.3, -0.25) is 14.7 Å². The molecule has 1 fully saturated rings. The lowest BCUT2D eigenvalue weighted by Crippen LogP contribution is -2.38. The van der Waals surface area contributed by atoms with E-state index in [2.05, 4.69) is 32.7 Å². The van der Waals surface area contributed by atoms with Crippen molar-refractivity contribution in [1.29, 1.82) is 0 Å². The van der Waals surface area contributed by atoms with Gasteiger partial charge in [0.25, 0.3) is 5.91 Å². The molecule has 5 nitrogen and oxygen atoms in total. The van der Waals surface area contributed by atoms with E-state index in [4.69, 9.17) is 4.74 Å². The van der Waals surface area contributed by atoms with Crippen molar-refractivity contribution in [2.24, 2.45) is 0 Å². The van der Waals surface area contributed by atoms with Crippen molar-refractivity contribution in [3.8, 4) is 5.75 Å². The van der Waals surface area contributed by atoms with Crippen molar-refractivity contribution in [2.75, 3.05) is 13.1 Å². The number of benzene rings is 1. The van der Waals surface area contributed by atoms with Gasteiger partial charge in [-0.2, -0.15) is 0 Å². The molecule has 1 N–H and O–H groups in total. The summed E-state index contributed by atoms with van der Waals surface area (Å²) in [5.41, 5.74) is 1.77. The van der Waals surface area contributed by atoms with Crippen LogP contribution in [0.2, 0.25) is 0 Å². The van der Waals surface area contributed by atoms with Crippen LogP contribution in [-0.4, -0.2) is 41.0 Å². The summed E-state index contributed by atoms with van der Waals surface area (Å²) in [6.07, 6.45) is 4.90. The number of hydrogen-bond donors (Lipinski definition) is 1. The van der Waals surface area contributed by atoms with Crippen LogP contribution in [0, 0.1) is 0 Å². The van der Waals surface area contributed by atoms with Gasteiger partial charge in [0.05, 0.1) is 5.69 Å². The van der Waals surface area contributed by atoms with Crippen LogP contribution in [0.15, 0.2) is 66.2 Å². The van der Waals surface area contributed by atoms with E-state index in [1.807, 2.05) is 55.6 Å². The van der Waals surface area contributed by atoms with Gasteiger partial charge in [0.1, 0.15) is 11.9 Å². The molecule has 1 atom stereocenters. The van der Waals surface area contributed by atoms with Gasteiger partial charge in [-0.05, 0) is 67.6 Å². The van der Waals surface area contributed by atoms with Gasteiger partial charge in [-0.25, -0.2) is 0 Å². The van der Waals surface area contributed by atoms with Crippen molar-refractivity contribution in [3.63, 3.8) is 0 Å². The zero-order chi connectivity index (χ0) is 21.5. The van der Waals surface area contributed by atoms with Crippen LogP contribution < -0.4 is 10.1 Å². The first-order valence-electron chi connectivity index (χ1n) is 10.9. The molecule has 0 saturated carbocycles. The quantitative estimate of drug-likeness (QED) is 0.564. The minimum absolute atomic E-state index is 0.0431. The van der Waals surface area contributed by atoms with Crippen molar-refractivity contribution < 1.29 is 9.53 Å². The summed E-state index contributed by atoms with van der Waals surface area (Å²) in [5.74, 6) is 0.782. The molecule has 1 aliphatic rings. The summed E-state index contributed by atoms with van der Waals surface area (Å²) in [5, 5.41) is 5.14. The average Bonchev–Trinajstić information content (AvgIpc) is 3.29. The lowest BCUT2D eigenvalue weighted by Gasteiger charge is -2.31. The number of ether oxygens (including phenoxy) is 1. The summed E-state index contributed by atoms with van der Waals surface area (Å²) in [6, 6.07) is 17.8. The summed E-state index contributed by atoms with van der Waals surface area (Å²) in [7, 11) is 0. The Morgan fingerprint density at radius 2 is 1.97 bits per heavy atom. The van der Waals surface area contributed by atoms with E-state index in [0.717, 1.165) is 50.3 Å². The van der Waals surface area contributed by atoms with Crippen LogP contribution in [0.4, 0.5) is 0 Å². The fourth-order valence-electron chi connectivity index (χ4n) is 3.87. The van der Waals surface area contributed by atoms with E-state index in [1.54, 1.807) is 11.3 Å². The minimum atomic E-state index is -0.0431. The number of aromatic nitrogens is 1. The van der Waals surface area contributed by atoms with Crippen LogP contribution in [0.25, 0.3) is 0 Å². The molecule has 2 aromatic heterocycles. The number of piperidine rings is 1. The van der Waals surface area contributed by atoms with Gasteiger partial charge in [-0.1, -0.05) is 12.1 Å². The number of carbonyl (C=O) groups is 1. The number of likely N-dealkylation sites (tertiary alicyclic amines) is 1. The molecule has 3 heterocycles. The number of thiophene rings is 1. The van der Waals surface area contributed by atoms with Crippen molar-refractivity contribution in [3.05, 3.63) is 82.3 Å². The van der Waals surface area contributed by atoms with Crippen molar-refractivity contribution in [1.82, 2.24) is 15.2 Å². The number of hydrogen-bond acceptors (Lipinski definition) is 5. The molecule has 6 heteroatoms. The van der Waals surface area contributed by atoms with Crippen LogP contribution >= 0.6 is 11.3 Å². The van der Waals surface area contributed by atoms with Gasteiger partial charge in [0, 0.05) is 48.7 Å². The van der Waals surface area contributed by atoms with E-state index in [1.165, 1.54) is 4.88 Å². The molecule has 1 aliphatic heterocycles. The zero-order valence-corrected chi connectivity index (χ0v) is 18.7. The van der Waals surface area contributed by atoms with Gasteiger partial charge >= 0.3 is 0 Å². The van der Waals surface area contributed by atoms with Crippen molar-refractivity contribution in [2.45, 2.75) is 44.9 Å². The summed E-state index contributed by atoms with van der Waals surface area (Å²) in [6.45, 7) is 4.94. The van der Waals surface area contributed by atoms with Crippen LogP contribution in [-0.2, 0) is 13.0 Å². The highest BCUT2D eigenvalue weighted by Gasteiger charge is 2.21. The minimum Gasteiger partial charge on any atom is -0.490 e. The van der Waals surface area contributed by atoms with Gasteiger partial charge < -0.3 is 10.1 Å². The first-order valence-corrected chi connectivity index (χ1v) is 11.8. The largest absolute Gasteiger partial charge is 0.490 e. The zero-order valence-electron chi connectivity index (χ0n) is 17.9. The summed E-state index contributed by atoms with van der Waals surface area (Å²) >= 11 is 1.72. The molecule has 0 bridgehead atoms.